The smallest absolute Gasteiger partial charge is 0.316 e. The number of nitrogens with one attached hydrogen (secondary N) is 2. The second kappa shape index (κ2) is 7.72. The molecule has 0 aliphatic heterocycles. The van der Waals surface area contributed by atoms with Gasteiger partial charge in [-0.25, -0.2) is 5.53 Å². The second-order valence-corrected chi connectivity index (χ2v) is 4.46. The van der Waals surface area contributed by atoms with Gasteiger partial charge in [-0.05, 0) is 24.6 Å². The topological polar surface area (TPSA) is 92.5 Å². The van der Waals surface area contributed by atoms with Crippen molar-refractivity contribution in [1.82, 2.24) is 9.97 Å². The molecule has 0 aliphatic carbocycles. The van der Waals surface area contributed by atoms with Gasteiger partial charge >= 0.3 is 6.01 Å². The van der Waals surface area contributed by atoms with Crippen LogP contribution in [0, 0.1) is 12.5 Å². The van der Waals surface area contributed by atoms with Gasteiger partial charge in [0.15, 0.2) is 5.75 Å². The summed E-state index contributed by atoms with van der Waals surface area (Å²) in [7, 11) is 1.54. The number of ether oxygens (including phenoxy) is 2. The molecule has 0 fully saturated rings. The molecule has 7 heteroatoms. The first kappa shape index (κ1) is 15.4. The van der Waals surface area contributed by atoms with Gasteiger partial charge < -0.3 is 14.8 Å². The molecule has 1 aromatic heterocycles. The quantitative estimate of drug-likeness (QED) is 0.766. The van der Waals surface area contributed by atoms with Gasteiger partial charge in [0.05, 0.1) is 19.5 Å². The van der Waals surface area contributed by atoms with E-state index in [2.05, 4.69) is 20.4 Å². The standard InChI is InChI=1S/C15H17N5O2/c1-11-4-3-5-12(6-11)17-7-13(20-16)10-22-15-18-8-14(21-2)9-19-15/h3-9,16-17H,10H2,1-2H3/b13-7-,20-16?. The molecule has 1 aromatic carbocycles. The molecule has 0 atom stereocenters. The minimum atomic E-state index is 0.0919. The van der Waals surface area contributed by atoms with Crippen LogP contribution in [0.5, 0.6) is 11.8 Å². The van der Waals surface area contributed by atoms with Crippen LogP contribution in [0.4, 0.5) is 5.69 Å². The third kappa shape index (κ3) is 4.55. The highest BCUT2D eigenvalue weighted by Crippen LogP contribution is 2.12. The molecule has 0 unspecified atom stereocenters. The largest absolute Gasteiger partial charge is 0.494 e. The van der Waals surface area contributed by atoms with E-state index in [9.17, 15) is 0 Å². The third-order valence-electron chi connectivity index (χ3n) is 2.76. The van der Waals surface area contributed by atoms with E-state index in [1.165, 1.54) is 19.5 Å². The Balaban J connectivity index is 1.93. The van der Waals surface area contributed by atoms with E-state index in [4.69, 9.17) is 15.0 Å². The molecule has 0 radical (unpaired) electrons. The van der Waals surface area contributed by atoms with Gasteiger partial charge in [0.2, 0.25) is 0 Å². The van der Waals surface area contributed by atoms with Gasteiger partial charge in [-0.2, -0.15) is 15.1 Å². The highest BCUT2D eigenvalue weighted by Gasteiger charge is 2.02. The van der Waals surface area contributed by atoms with Crippen LogP contribution in [-0.4, -0.2) is 23.7 Å². The predicted octanol–water partition coefficient (Wildman–Crippen LogP) is 3.16. The number of benzene rings is 1. The van der Waals surface area contributed by atoms with Crippen LogP contribution in [0.1, 0.15) is 5.56 Å². The average Bonchev–Trinajstić information content (AvgIpc) is 2.55. The fourth-order valence-corrected chi connectivity index (χ4v) is 1.63. The highest BCUT2D eigenvalue weighted by atomic mass is 16.5. The molecular weight excluding hydrogens is 282 g/mol. The van der Waals surface area contributed by atoms with Crippen molar-refractivity contribution in [2.45, 2.75) is 6.92 Å². The lowest BCUT2D eigenvalue weighted by molar-refractivity contribution is 0.317. The predicted molar refractivity (Wildman–Crippen MR) is 82.1 cm³/mol. The lowest BCUT2D eigenvalue weighted by atomic mass is 10.2. The molecule has 0 saturated heterocycles. The Bertz CT molecular complexity index is 655. The van der Waals surface area contributed by atoms with E-state index in [1.807, 2.05) is 31.2 Å². The Morgan fingerprint density at radius 2 is 2.14 bits per heavy atom. The monoisotopic (exact) mass is 299 g/mol. The minimum Gasteiger partial charge on any atom is -0.494 e. The molecule has 2 aromatic rings. The van der Waals surface area contributed by atoms with Crippen LogP contribution >= 0.6 is 0 Å². The first-order valence-electron chi connectivity index (χ1n) is 6.60. The maximum atomic E-state index is 7.17. The van der Waals surface area contributed by atoms with Gasteiger partial charge in [0.25, 0.3) is 0 Å². The third-order valence-corrected chi connectivity index (χ3v) is 2.76. The lowest BCUT2D eigenvalue weighted by Crippen LogP contribution is -2.04. The fraction of sp³-hybridized carbons (Fsp3) is 0.200. The van der Waals surface area contributed by atoms with Crippen molar-refractivity contribution < 1.29 is 9.47 Å². The number of aryl methyl sites for hydroxylation is 1. The molecule has 7 nitrogen and oxygen atoms in total. The van der Waals surface area contributed by atoms with E-state index in [0.717, 1.165) is 11.3 Å². The van der Waals surface area contributed by atoms with E-state index in [1.54, 1.807) is 6.20 Å². The van der Waals surface area contributed by atoms with Crippen LogP contribution in [0.25, 0.3) is 0 Å². The molecular formula is C15H17N5O2. The van der Waals surface area contributed by atoms with E-state index in [0.29, 0.717) is 11.4 Å². The maximum Gasteiger partial charge on any atom is 0.316 e. The van der Waals surface area contributed by atoms with Crippen molar-refractivity contribution in [3.8, 4) is 11.8 Å². The summed E-state index contributed by atoms with van der Waals surface area (Å²) in [5, 5.41) is 6.49. The van der Waals surface area contributed by atoms with Crippen LogP contribution in [-0.2, 0) is 0 Å². The summed E-state index contributed by atoms with van der Waals surface area (Å²) in [6.07, 6.45) is 4.63. The Morgan fingerprint density at radius 1 is 1.36 bits per heavy atom. The summed E-state index contributed by atoms with van der Waals surface area (Å²) >= 11 is 0. The number of nitrogens with zero attached hydrogens (tertiary/aromatic N) is 3. The molecule has 0 bridgehead atoms. The minimum absolute atomic E-state index is 0.0919. The molecule has 22 heavy (non-hydrogen) atoms. The Kier molecular flexibility index (Phi) is 5.42. The van der Waals surface area contributed by atoms with Gasteiger partial charge in [0, 0.05) is 11.9 Å². The number of methoxy groups -OCH3 is 1. The maximum absolute atomic E-state index is 7.17. The molecule has 0 saturated carbocycles. The molecule has 1 heterocycles. The Morgan fingerprint density at radius 3 is 2.77 bits per heavy atom. The lowest BCUT2D eigenvalue weighted by Gasteiger charge is -2.06. The van der Waals surface area contributed by atoms with Crippen molar-refractivity contribution in [3.63, 3.8) is 0 Å². The fourth-order valence-electron chi connectivity index (χ4n) is 1.63. The zero-order valence-corrected chi connectivity index (χ0v) is 12.4. The van der Waals surface area contributed by atoms with Crippen molar-refractivity contribution in [3.05, 3.63) is 54.1 Å². The van der Waals surface area contributed by atoms with Crippen molar-refractivity contribution in [2.24, 2.45) is 5.11 Å². The van der Waals surface area contributed by atoms with Gasteiger partial charge in [0.1, 0.15) is 12.3 Å². The first-order valence-corrected chi connectivity index (χ1v) is 6.60. The van der Waals surface area contributed by atoms with Crippen LogP contribution in [0.3, 0.4) is 0 Å². The molecule has 114 valence electrons. The highest BCUT2D eigenvalue weighted by molar-refractivity contribution is 5.47. The molecule has 0 aliphatic rings. The molecule has 0 spiro atoms. The van der Waals surface area contributed by atoms with Crippen molar-refractivity contribution >= 4 is 5.69 Å². The van der Waals surface area contributed by atoms with Crippen molar-refractivity contribution in [1.29, 1.82) is 5.53 Å². The van der Waals surface area contributed by atoms with Gasteiger partial charge in [-0.15, -0.1) is 0 Å². The number of anilines is 1. The van der Waals surface area contributed by atoms with E-state index >= 15 is 0 Å². The van der Waals surface area contributed by atoms with Crippen LogP contribution in [0.15, 0.2) is 53.7 Å². The summed E-state index contributed by atoms with van der Waals surface area (Å²) in [6, 6.07) is 8.08. The average molecular weight is 299 g/mol. The summed E-state index contributed by atoms with van der Waals surface area (Å²) < 4.78 is 10.3. The second-order valence-electron chi connectivity index (χ2n) is 4.46. The molecule has 0 amide bonds. The Labute approximate surface area is 128 Å². The van der Waals surface area contributed by atoms with E-state index in [-0.39, 0.29) is 12.6 Å². The SMILES string of the molecule is COc1cnc(OC/C(=C/Nc2cccc(C)c2)N=N)nc1. The summed E-state index contributed by atoms with van der Waals surface area (Å²) in [5.74, 6) is 0.550. The number of hydrogen-bond acceptors (Lipinski definition) is 7. The van der Waals surface area contributed by atoms with E-state index < -0.39 is 0 Å². The summed E-state index contributed by atoms with van der Waals surface area (Å²) in [6.45, 7) is 2.10. The van der Waals surface area contributed by atoms with Crippen molar-refractivity contribution in [2.75, 3.05) is 19.0 Å². The summed E-state index contributed by atoms with van der Waals surface area (Å²) in [5.41, 5.74) is 9.65. The number of aromatic nitrogens is 2. The zero-order valence-electron chi connectivity index (χ0n) is 12.4. The first-order chi connectivity index (χ1) is 10.7. The van der Waals surface area contributed by atoms with Gasteiger partial charge in [-0.1, -0.05) is 12.1 Å². The Hall–Kier alpha value is -2.96. The number of rotatable bonds is 7. The number of hydrogen-bond donors (Lipinski definition) is 2. The molecule has 2 rings (SSSR count). The molecule has 2 N–H and O–H groups in total. The van der Waals surface area contributed by atoms with Crippen LogP contribution < -0.4 is 14.8 Å². The summed E-state index contributed by atoms with van der Waals surface area (Å²) in [4.78, 5) is 7.95. The van der Waals surface area contributed by atoms with Crippen LogP contribution in [0.2, 0.25) is 0 Å². The normalized spacial score (nSPS) is 10.9. The zero-order chi connectivity index (χ0) is 15.8. The van der Waals surface area contributed by atoms with Gasteiger partial charge in [-0.3, -0.25) is 0 Å².